The van der Waals surface area contributed by atoms with E-state index in [2.05, 4.69) is 15.2 Å². The third kappa shape index (κ3) is 3.80. The molecule has 24 heavy (non-hydrogen) atoms. The predicted molar refractivity (Wildman–Crippen MR) is 93.7 cm³/mol. The Morgan fingerprint density at radius 3 is 2.38 bits per heavy atom. The van der Waals surface area contributed by atoms with Gasteiger partial charge in [0.25, 0.3) is 10.1 Å². The van der Waals surface area contributed by atoms with E-state index >= 15 is 0 Å². The molecule has 3 rings (SSSR count). The Labute approximate surface area is 160 Å². The first-order valence-corrected chi connectivity index (χ1v) is 8.01. The zero-order valence-electron chi connectivity index (χ0n) is 11.8. The molecule has 3 aromatic rings. The molecule has 2 aromatic carbocycles. The number of benzene rings is 2. The molecule has 0 aliphatic rings. The summed E-state index contributed by atoms with van der Waals surface area (Å²) < 4.78 is 32.7. The third-order valence-corrected chi connectivity index (χ3v) is 4.12. The van der Waals surface area contributed by atoms with Gasteiger partial charge < -0.3 is 5.73 Å². The molecule has 0 amide bonds. The quantitative estimate of drug-likeness (QED) is 0.325. The van der Waals surface area contributed by atoms with Crippen LogP contribution in [0.3, 0.4) is 0 Å². The van der Waals surface area contributed by atoms with Gasteiger partial charge in [0, 0.05) is 17.0 Å². The number of azo groups is 1. The standard InChI is InChI=1S/C15H12N4O3S.Na.H/c16-15-12-6-2-1-5-11(12)14(23(20,21)22)8-13(15)19-18-10-4-3-7-17-9-10;;/h1-9H,16H2,(H,20,21,22);;. The minimum absolute atomic E-state index is 0. The molecule has 0 radical (unpaired) electrons. The Morgan fingerprint density at radius 1 is 1.04 bits per heavy atom. The molecule has 3 N–H and O–H groups in total. The van der Waals surface area contributed by atoms with Gasteiger partial charge >= 0.3 is 29.6 Å². The Balaban J connectivity index is 0.00000208. The van der Waals surface area contributed by atoms with Crippen molar-refractivity contribution in [3.63, 3.8) is 0 Å². The van der Waals surface area contributed by atoms with Crippen LogP contribution in [0.25, 0.3) is 10.8 Å². The van der Waals surface area contributed by atoms with Crippen molar-refractivity contribution in [2.24, 2.45) is 10.2 Å². The van der Waals surface area contributed by atoms with E-state index < -0.39 is 10.1 Å². The molecule has 0 atom stereocenters. The first kappa shape index (κ1) is 18.5. The molecule has 7 nitrogen and oxygen atoms in total. The summed E-state index contributed by atoms with van der Waals surface area (Å²) in [5, 5.41) is 8.76. The Kier molecular flexibility index (Phi) is 5.68. The third-order valence-electron chi connectivity index (χ3n) is 3.22. The topological polar surface area (TPSA) is 118 Å². The van der Waals surface area contributed by atoms with E-state index in [1.165, 1.54) is 12.3 Å². The Hall–Kier alpha value is -1.84. The van der Waals surface area contributed by atoms with Gasteiger partial charge in [0.1, 0.15) is 16.3 Å². The number of aromatic nitrogens is 1. The molecular weight excluding hydrogens is 339 g/mol. The molecular formula is C15H13N4NaO3S. The van der Waals surface area contributed by atoms with E-state index in [9.17, 15) is 13.0 Å². The van der Waals surface area contributed by atoms with Gasteiger partial charge in [-0.05, 0) is 18.2 Å². The van der Waals surface area contributed by atoms with Crippen molar-refractivity contribution >= 4 is 67.5 Å². The molecule has 1 heterocycles. The van der Waals surface area contributed by atoms with E-state index in [1.807, 2.05) is 0 Å². The summed E-state index contributed by atoms with van der Waals surface area (Å²) in [5.74, 6) is 0. The molecule has 0 unspecified atom stereocenters. The monoisotopic (exact) mass is 352 g/mol. The maximum atomic E-state index is 11.6. The second kappa shape index (κ2) is 7.37. The van der Waals surface area contributed by atoms with Gasteiger partial charge in [-0.3, -0.25) is 9.54 Å². The summed E-state index contributed by atoms with van der Waals surface area (Å²) in [6.07, 6.45) is 3.10. The van der Waals surface area contributed by atoms with Crippen LogP contribution in [-0.4, -0.2) is 47.5 Å². The maximum absolute atomic E-state index is 11.6. The molecule has 0 saturated carbocycles. The van der Waals surface area contributed by atoms with Gasteiger partial charge in [0.2, 0.25) is 0 Å². The summed E-state index contributed by atoms with van der Waals surface area (Å²) in [6.45, 7) is 0. The first-order valence-electron chi connectivity index (χ1n) is 6.57. The summed E-state index contributed by atoms with van der Waals surface area (Å²) in [6, 6.07) is 11.2. The van der Waals surface area contributed by atoms with Gasteiger partial charge in [-0.15, -0.1) is 10.2 Å². The van der Waals surface area contributed by atoms with Gasteiger partial charge in [-0.1, -0.05) is 24.3 Å². The molecule has 0 bridgehead atoms. The van der Waals surface area contributed by atoms with Crippen molar-refractivity contribution < 1.29 is 13.0 Å². The fourth-order valence-corrected chi connectivity index (χ4v) is 2.89. The average molecular weight is 352 g/mol. The van der Waals surface area contributed by atoms with Crippen molar-refractivity contribution in [2.45, 2.75) is 4.90 Å². The molecule has 9 heteroatoms. The summed E-state index contributed by atoms with van der Waals surface area (Å²) in [5.41, 5.74) is 6.97. The van der Waals surface area contributed by atoms with Crippen molar-refractivity contribution in [1.29, 1.82) is 0 Å². The number of nitrogens with two attached hydrogens (primary N) is 1. The second-order valence-corrected chi connectivity index (χ2v) is 6.13. The number of pyridine rings is 1. The van der Waals surface area contributed by atoms with Crippen LogP contribution in [0, 0.1) is 0 Å². The van der Waals surface area contributed by atoms with Crippen molar-refractivity contribution in [3.05, 3.63) is 54.9 Å². The molecule has 0 spiro atoms. The molecule has 0 saturated heterocycles. The second-order valence-electron chi connectivity index (χ2n) is 4.74. The Morgan fingerprint density at radius 2 is 1.75 bits per heavy atom. The van der Waals surface area contributed by atoms with Crippen LogP contribution in [0.15, 0.2) is 70.0 Å². The molecule has 1 aromatic heterocycles. The fourth-order valence-electron chi connectivity index (χ4n) is 2.17. The van der Waals surface area contributed by atoms with Crippen LogP contribution >= 0.6 is 0 Å². The molecule has 0 aliphatic heterocycles. The molecule has 118 valence electrons. The average Bonchev–Trinajstić information content (AvgIpc) is 2.54. The van der Waals surface area contributed by atoms with E-state index in [0.29, 0.717) is 16.5 Å². The number of fused-ring (bicyclic) bond motifs is 1. The van der Waals surface area contributed by atoms with Crippen LogP contribution in [0.4, 0.5) is 17.1 Å². The number of nitrogens with zero attached hydrogens (tertiary/aromatic N) is 3. The van der Waals surface area contributed by atoms with Gasteiger partial charge in [-0.2, -0.15) is 8.42 Å². The van der Waals surface area contributed by atoms with Gasteiger partial charge in [0.05, 0.1) is 11.9 Å². The molecule has 0 fully saturated rings. The van der Waals surface area contributed by atoms with Gasteiger partial charge in [-0.25, -0.2) is 0 Å². The number of hydrogen-bond acceptors (Lipinski definition) is 6. The predicted octanol–water partition coefficient (Wildman–Crippen LogP) is 2.83. The summed E-state index contributed by atoms with van der Waals surface area (Å²) in [7, 11) is -4.42. The zero-order chi connectivity index (χ0) is 16.4. The van der Waals surface area contributed by atoms with E-state index in [-0.39, 0.29) is 45.8 Å². The number of rotatable bonds is 3. The Bertz CT molecular complexity index is 1010. The van der Waals surface area contributed by atoms with Crippen molar-refractivity contribution in [3.8, 4) is 0 Å². The molecule has 0 aliphatic carbocycles. The van der Waals surface area contributed by atoms with Crippen molar-refractivity contribution in [2.75, 3.05) is 5.73 Å². The van der Waals surface area contributed by atoms with Crippen LogP contribution in [0.2, 0.25) is 0 Å². The van der Waals surface area contributed by atoms with Crippen LogP contribution in [-0.2, 0) is 10.1 Å². The first-order chi connectivity index (χ1) is 11.0. The van der Waals surface area contributed by atoms with Crippen LogP contribution < -0.4 is 5.73 Å². The number of anilines is 1. The van der Waals surface area contributed by atoms with E-state index in [1.54, 1.807) is 42.6 Å². The van der Waals surface area contributed by atoms with Crippen LogP contribution in [0.5, 0.6) is 0 Å². The number of hydrogen-bond donors (Lipinski definition) is 2. The van der Waals surface area contributed by atoms with E-state index in [0.717, 1.165) is 0 Å². The van der Waals surface area contributed by atoms with Crippen LogP contribution in [0.1, 0.15) is 0 Å². The van der Waals surface area contributed by atoms with Gasteiger partial charge in [0.15, 0.2) is 0 Å². The fraction of sp³-hybridized carbons (Fsp3) is 0. The van der Waals surface area contributed by atoms with E-state index in [4.69, 9.17) is 5.73 Å². The number of nitrogen functional groups attached to an aromatic ring is 1. The normalized spacial score (nSPS) is 11.5. The zero-order valence-corrected chi connectivity index (χ0v) is 12.6. The summed E-state index contributed by atoms with van der Waals surface area (Å²) in [4.78, 5) is 3.64. The minimum atomic E-state index is -4.42. The SMILES string of the molecule is Nc1c(N=Nc2cccnc2)cc(S(=O)(=O)O)c2ccccc12.[NaH]. The van der Waals surface area contributed by atoms with Crippen molar-refractivity contribution in [1.82, 2.24) is 4.98 Å². The summed E-state index contributed by atoms with van der Waals surface area (Å²) >= 11 is 0.